The van der Waals surface area contributed by atoms with Gasteiger partial charge in [0.1, 0.15) is 0 Å². The summed E-state index contributed by atoms with van der Waals surface area (Å²) < 4.78 is 0. The number of nitrogens with zero attached hydrogens (tertiary/aromatic N) is 1. The van der Waals surface area contributed by atoms with Crippen LogP contribution in [0.1, 0.15) is 25.0 Å². The lowest BCUT2D eigenvalue weighted by Gasteiger charge is -2.10. The van der Waals surface area contributed by atoms with Gasteiger partial charge in [0.05, 0.1) is 11.4 Å². The summed E-state index contributed by atoms with van der Waals surface area (Å²) in [5, 5.41) is 4.79. The molecule has 0 bridgehead atoms. The van der Waals surface area contributed by atoms with Crippen molar-refractivity contribution < 1.29 is 0 Å². The topological polar surface area (TPSA) is 14.1 Å². The molecule has 17 heavy (non-hydrogen) atoms. The van der Waals surface area contributed by atoms with Gasteiger partial charge in [0, 0.05) is 11.1 Å². The predicted octanol–water partition coefficient (Wildman–Crippen LogP) is 4.36. The van der Waals surface area contributed by atoms with Gasteiger partial charge in [-0.1, -0.05) is 44.2 Å². The summed E-state index contributed by atoms with van der Waals surface area (Å²) in [7, 11) is 0. The molecule has 1 heterocycles. The van der Waals surface area contributed by atoms with E-state index in [4.69, 9.17) is 5.32 Å². The molecule has 0 spiro atoms. The van der Waals surface area contributed by atoms with Crippen LogP contribution >= 0.6 is 0 Å². The van der Waals surface area contributed by atoms with Gasteiger partial charge in [-0.2, -0.15) is 0 Å². The number of aryl methyl sites for hydroxylation is 1. The van der Waals surface area contributed by atoms with E-state index >= 15 is 0 Å². The Morgan fingerprint density at radius 3 is 2.47 bits per heavy atom. The summed E-state index contributed by atoms with van der Waals surface area (Å²) in [6.07, 6.45) is 2.14. The molecule has 1 aliphatic rings. The normalized spacial score (nSPS) is 11.9. The Morgan fingerprint density at radius 2 is 1.71 bits per heavy atom. The van der Waals surface area contributed by atoms with E-state index in [2.05, 4.69) is 50.2 Å². The van der Waals surface area contributed by atoms with E-state index in [1.54, 1.807) is 0 Å². The second-order valence-electron chi connectivity index (χ2n) is 4.44. The molecule has 0 aliphatic carbocycles. The molecule has 1 aliphatic heterocycles. The lowest BCUT2D eigenvalue weighted by Crippen LogP contribution is -1.95. The van der Waals surface area contributed by atoms with Crippen molar-refractivity contribution in [2.45, 2.75) is 26.7 Å². The van der Waals surface area contributed by atoms with E-state index < -0.39 is 0 Å². The van der Waals surface area contributed by atoms with Crippen LogP contribution in [0.15, 0.2) is 36.4 Å². The van der Waals surface area contributed by atoms with Crippen LogP contribution in [-0.4, -0.2) is 0 Å². The third-order valence-corrected chi connectivity index (χ3v) is 3.54. The average molecular weight is 222 g/mol. The van der Waals surface area contributed by atoms with Crippen molar-refractivity contribution in [2.24, 2.45) is 0 Å². The van der Waals surface area contributed by atoms with Crippen molar-refractivity contribution in [3.63, 3.8) is 0 Å². The smallest absolute Gasteiger partial charge is 0.0750 e. The highest BCUT2D eigenvalue weighted by atomic mass is 14.9. The van der Waals surface area contributed by atoms with Gasteiger partial charge < -0.3 is 0 Å². The minimum absolute atomic E-state index is 1.06. The highest BCUT2D eigenvalue weighted by Crippen LogP contribution is 2.45. The third-order valence-electron chi connectivity index (χ3n) is 3.54. The molecule has 0 unspecified atom stereocenters. The Bertz CT molecular complexity index is 570. The third kappa shape index (κ3) is 1.46. The lowest BCUT2D eigenvalue weighted by atomic mass is 9.96. The zero-order valence-electron chi connectivity index (χ0n) is 10.3. The molecule has 0 N–H and O–H groups in total. The zero-order chi connectivity index (χ0) is 11.8. The minimum Gasteiger partial charge on any atom is -0.247 e. The maximum Gasteiger partial charge on any atom is 0.0750 e. The molecule has 1 heteroatoms. The van der Waals surface area contributed by atoms with Gasteiger partial charge in [0.25, 0.3) is 0 Å². The van der Waals surface area contributed by atoms with E-state index in [1.165, 1.54) is 27.9 Å². The number of fused-ring (bicyclic) bond motifs is 3. The maximum absolute atomic E-state index is 4.79. The molecule has 0 saturated heterocycles. The van der Waals surface area contributed by atoms with Gasteiger partial charge in [0.2, 0.25) is 0 Å². The Labute approximate surface area is 102 Å². The molecule has 1 radical (unpaired) electrons. The molecular formula is C16H16N. The summed E-state index contributed by atoms with van der Waals surface area (Å²) in [4.78, 5) is 0. The van der Waals surface area contributed by atoms with Crippen LogP contribution in [0.25, 0.3) is 11.1 Å². The highest BCUT2D eigenvalue weighted by Gasteiger charge is 2.22. The summed E-state index contributed by atoms with van der Waals surface area (Å²) in [6, 6.07) is 12.9. The molecular weight excluding hydrogens is 206 g/mol. The largest absolute Gasteiger partial charge is 0.247 e. The van der Waals surface area contributed by atoms with E-state index in [1.807, 2.05) is 0 Å². The van der Waals surface area contributed by atoms with Crippen molar-refractivity contribution in [1.82, 2.24) is 5.32 Å². The standard InChI is InChI=1S/C16H16N/c1-3-11-9-10-14-13-7-5-6-8-15(13)17-16(14)12(11)4-2/h5-10H,3-4H2,1-2H3. The van der Waals surface area contributed by atoms with Gasteiger partial charge in [-0.25, -0.2) is 5.32 Å². The quantitative estimate of drug-likeness (QED) is 0.611. The molecule has 2 aromatic carbocycles. The molecule has 1 nitrogen and oxygen atoms in total. The van der Waals surface area contributed by atoms with E-state index in [9.17, 15) is 0 Å². The average Bonchev–Trinajstić information content (AvgIpc) is 2.75. The first-order valence-electron chi connectivity index (χ1n) is 6.31. The first-order chi connectivity index (χ1) is 8.35. The minimum atomic E-state index is 1.06. The fourth-order valence-corrected chi connectivity index (χ4v) is 2.67. The van der Waals surface area contributed by atoms with Crippen molar-refractivity contribution in [2.75, 3.05) is 0 Å². The van der Waals surface area contributed by atoms with Crippen LogP contribution in [-0.2, 0) is 12.8 Å². The SMILES string of the molecule is CCc1ccc2c(c1CC)[N]c1ccccc1-2. The fourth-order valence-electron chi connectivity index (χ4n) is 2.67. The Balaban J connectivity index is 2.24. The summed E-state index contributed by atoms with van der Waals surface area (Å²) in [5.74, 6) is 0. The number of rotatable bonds is 2. The lowest BCUT2D eigenvalue weighted by molar-refractivity contribution is 1.02. The molecule has 3 rings (SSSR count). The summed E-state index contributed by atoms with van der Waals surface area (Å²) in [6.45, 7) is 4.43. The summed E-state index contributed by atoms with van der Waals surface area (Å²) >= 11 is 0. The van der Waals surface area contributed by atoms with Gasteiger partial charge in [0.15, 0.2) is 0 Å². The number of hydrogen-bond acceptors (Lipinski definition) is 0. The zero-order valence-corrected chi connectivity index (χ0v) is 10.3. The number of para-hydroxylation sites is 1. The summed E-state index contributed by atoms with van der Waals surface area (Å²) in [5.41, 5.74) is 7.75. The number of benzene rings is 2. The van der Waals surface area contributed by atoms with E-state index in [-0.39, 0.29) is 0 Å². The molecule has 0 amide bonds. The maximum atomic E-state index is 4.79. The van der Waals surface area contributed by atoms with Gasteiger partial charge in [-0.3, -0.25) is 0 Å². The first kappa shape index (κ1) is 10.4. The van der Waals surface area contributed by atoms with Crippen molar-refractivity contribution in [3.8, 4) is 11.1 Å². The van der Waals surface area contributed by atoms with Crippen molar-refractivity contribution in [3.05, 3.63) is 47.5 Å². The van der Waals surface area contributed by atoms with Crippen molar-refractivity contribution in [1.29, 1.82) is 0 Å². The Kier molecular flexibility index (Phi) is 2.40. The second kappa shape index (κ2) is 3.92. The van der Waals surface area contributed by atoms with E-state index in [0.717, 1.165) is 18.5 Å². The van der Waals surface area contributed by atoms with E-state index in [0.29, 0.717) is 0 Å². The molecule has 0 saturated carbocycles. The van der Waals surface area contributed by atoms with Crippen LogP contribution in [0, 0.1) is 0 Å². The molecule has 2 aromatic rings. The number of hydrogen-bond donors (Lipinski definition) is 0. The molecule has 0 atom stereocenters. The Morgan fingerprint density at radius 1 is 0.882 bits per heavy atom. The van der Waals surface area contributed by atoms with Gasteiger partial charge >= 0.3 is 0 Å². The molecule has 0 fully saturated rings. The molecule has 85 valence electrons. The Hall–Kier alpha value is -1.76. The highest BCUT2D eigenvalue weighted by molar-refractivity contribution is 5.92. The monoisotopic (exact) mass is 222 g/mol. The van der Waals surface area contributed by atoms with Crippen LogP contribution in [0.4, 0.5) is 11.4 Å². The second-order valence-corrected chi connectivity index (χ2v) is 4.44. The van der Waals surface area contributed by atoms with Crippen LogP contribution in [0.5, 0.6) is 0 Å². The molecule has 0 aromatic heterocycles. The van der Waals surface area contributed by atoms with Crippen LogP contribution in [0.2, 0.25) is 0 Å². The van der Waals surface area contributed by atoms with Crippen LogP contribution in [0.3, 0.4) is 0 Å². The van der Waals surface area contributed by atoms with Gasteiger partial charge in [-0.05, 0) is 30.0 Å². The fraction of sp³-hybridized carbons (Fsp3) is 0.250. The van der Waals surface area contributed by atoms with Gasteiger partial charge in [-0.15, -0.1) is 0 Å². The van der Waals surface area contributed by atoms with Crippen LogP contribution < -0.4 is 5.32 Å². The first-order valence-corrected chi connectivity index (χ1v) is 6.31. The van der Waals surface area contributed by atoms with Crippen molar-refractivity contribution >= 4 is 11.4 Å². The predicted molar refractivity (Wildman–Crippen MR) is 72.1 cm³/mol.